The Hall–Kier alpha value is -0.760. The van der Waals surface area contributed by atoms with Crippen molar-refractivity contribution in [2.45, 2.75) is 19.8 Å². The van der Waals surface area contributed by atoms with E-state index in [-0.39, 0.29) is 0 Å². The van der Waals surface area contributed by atoms with Crippen LogP contribution in [-0.2, 0) is 0 Å². The fraction of sp³-hybridized carbons (Fsp3) is 0.300. The van der Waals surface area contributed by atoms with Gasteiger partial charge in [-0.2, -0.15) is 0 Å². The predicted octanol–water partition coefficient (Wildman–Crippen LogP) is 3.37. The third-order valence-electron chi connectivity index (χ3n) is 1.59. The second-order valence-electron chi connectivity index (χ2n) is 2.31. The molecule has 2 heteroatoms. The van der Waals surface area contributed by atoms with Crippen molar-refractivity contribution in [2.24, 2.45) is 4.99 Å². The van der Waals surface area contributed by atoms with Crippen molar-refractivity contribution in [3.63, 3.8) is 0 Å². The van der Waals surface area contributed by atoms with Crippen LogP contribution in [0.2, 0.25) is 0 Å². The molecule has 0 bridgehead atoms. The van der Waals surface area contributed by atoms with E-state index in [0.29, 0.717) is 0 Å². The van der Waals surface area contributed by atoms with Crippen molar-refractivity contribution in [2.75, 3.05) is 0 Å². The van der Waals surface area contributed by atoms with Gasteiger partial charge in [-0.15, -0.1) is 19.2 Å². The molecule has 0 heterocycles. The molecule has 0 saturated heterocycles. The molecule has 0 aromatic rings. The molecule has 0 aliphatic heterocycles. The zero-order valence-corrected chi connectivity index (χ0v) is 8.35. The van der Waals surface area contributed by atoms with E-state index in [4.69, 9.17) is 0 Å². The Labute approximate surface area is 80.0 Å². The summed E-state index contributed by atoms with van der Waals surface area (Å²) in [6.45, 7) is 9.13. The average molecular weight is 181 g/mol. The highest BCUT2D eigenvalue weighted by Crippen LogP contribution is 2.17. The van der Waals surface area contributed by atoms with Gasteiger partial charge in [-0.1, -0.05) is 12.2 Å². The Kier molecular flexibility index (Phi) is 6.48. The maximum absolute atomic E-state index is 4.05. The number of nitrogens with zero attached hydrogens (tertiary/aromatic N) is 1. The van der Waals surface area contributed by atoms with Crippen molar-refractivity contribution < 1.29 is 0 Å². The van der Waals surface area contributed by atoms with Crippen LogP contribution < -0.4 is 0 Å². The van der Waals surface area contributed by atoms with E-state index in [0.717, 1.165) is 18.5 Å². The molecule has 0 fully saturated rings. The van der Waals surface area contributed by atoms with Gasteiger partial charge in [0.15, 0.2) is 0 Å². The summed E-state index contributed by atoms with van der Waals surface area (Å²) < 4.78 is 0. The van der Waals surface area contributed by atoms with Crippen LogP contribution in [0.4, 0.5) is 0 Å². The Morgan fingerprint density at radius 2 is 2.25 bits per heavy atom. The van der Waals surface area contributed by atoms with Gasteiger partial charge in [0, 0.05) is 0 Å². The van der Waals surface area contributed by atoms with Gasteiger partial charge in [0.1, 0.15) is 0 Å². The van der Waals surface area contributed by atoms with Crippen LogP contribution in [0.15, 0.2) is 40.4 Å². The smallest absolute Gasteiger partial charge is 0.0711 e. The zero-order valence-electron chi connectivity index (χ0n) is 7.45. The highest BCUT2D eigenvalue weighted by atomic mass is 32.1. The minimum atomic E-state index is 0.850. The van der Waals surface area contributed by atoms with Crippen molar-refractivity contribution in [1.82, 2.24) is 0 Å². The van der Waals surface area contributed by atoms with Crippen LogP contribution in [0.1, 0.15) is 19.8 Å². The minimum Gasteiger partial charge on any atom is -0.264 e. The van der Waals surface area contributed by atoms with E-state index in [9.17, 15) is 0 Å². The van der Waals surface area contributed by atoms with Crippen LogP contribution in [-0.4, -0.2) is 6.72 Å². The summed E-state index contributed by atoms with van der Waals surface area (Å²) in [5, 5.41) is 1.67. The van der Waals surface area contributed by atoms with Crippen molar-refractivity contribution in [3.05, 3.63) is 35.4 Å². The fourth-order valence-electron chi connectivity index (χ4n) is 0.903. The standard InChI is InChI=1S/C10H15NS/c1-4-6-7-9(5-2)10(8-12)11-3/h4-5,8,12H,1,3,6-7H2,2H3/b9-5+,10-8-. The summed E-state index contributed by atoms with van der Waals surface area (Å²) in [6, 6.07) is 0. The van der Waals surface area contributed by atoms with Crippen LogP contribution in [0.5, 0.6) is 0 Å². The number of aliphatic imine (C=N–C) groups is 1. The Balaban J connectivity index is 4.34. The lowest BCUT2D eigenvalue weighted by Crippen LogP contribution is -1.85. The molecule has 12 heavy (non-hydrogen) atoms. The Morgan fingerprint density at radius 3 is 2.58 bits per heavy atom. The largest absolute Gasteiger partial charge is 0.264 e. The van der Waals surface area contributed by atoms with Gasteiger partial charge in [0.2, 0.25) is 0 Å². The van der Waals surface area contributed by atoms with E-state index in [2.05, 4.69) is 30.9 Å². The topological polar surface area (TPSA) is 12.4 Å². The first-order chi connectivity index (χ1) is 5.79. The molecule has 0 unspecified atom stereocenters. The molecule has 66 valence electrons. The van der Waals surface area contributed by atoms with E-state index < -0.39 is 0 Å². The quantitative estimate of drug-likeness (QED) is 0.289. The van der Waals surface area contributed by atoms with E-state index in [1.165, 1.54) is 5.57 Å². The highest BCUT2D eigenvalue weighted by molar-refractivity contribution is 7.83. The monoisotopic (exact) mass is 181 g/mol. The third kappa shape index (κ3) is 3.58. The lowest BCUT2D eigenvalue weighted by molar-refractivity contribution is 0.979. The summed E-state index contributed by atoms with van der Waals surface area (Å²) in [4.78, 5) is 3.86. The maximum atomic E-state index is 4.05. The molecule has 0 saturated carbocycles. The van der Waals surface area contributed by atoms with Gasteiger partial charge < -0.3 is 0 Å². The van der Waals surface area contributed by atoms with Gasteiger partial charge >= 0.3 is 0 Å². The van der Waals surface area contributed by atoms with Gasteiger partial charge in [0.05, 0.1) is 5.70 Å². The first-order valence-corrected chi connectivity index (χ1v) is 4.39. The van der Waals surface area contributed by atoms with Crippen LogP contribution in [0, 0.1) is 0 Å². The van der Waals surface area contributed by atoms with Gasteiger partial charge in [0.25, 0.3) is 0 Å². The van der Waals surface area contributed by atoms with Crippen LogP contribution >= 0.6 is 12.6 Å². The summed E-state index contributed by atoms with van der Waals surface area (Å²) in [6.07, 6.45) is 5.83. The second-order valence-corrected chi connectivity index (χ2v) is 2.57. The summed E-state index contributed by atoms with van der Waals surface area (Å²) in [5.74, 6) is 0. The van der Waals surface area contributed by atoms with Crippen molar-refractivity contribution in [3.8, 4) is 0 Å². The molecule has 1 nitrogen and oxygen atoms in total. The molecular weight excluding hydrogens is 166 g/mol. The first-order valence-electron chi connectivity index (χ1n) is 3.87. The lowest BCUT2D eigenvalue weighted by Gasteiger charge is -2.03. The number of allylic oxidation sites excluding steroid dienone is 3. The second kappa shape index (κ2) is 6.92. The molecule has 0 aliphatic carbocycles. The maximum Gasteiger partial charge on any atom is 0.0711 e. The molecular formula is C10H15NS. The molecule has 0 rings (SSSR count). The van der Waals surface area contributed by atoms with Gasteiger partial charge in [-0.25, -0.2) is 0 Å². The van der Waals surface area contributed by atoms with E-state index >= 15 is 0 Å². The number of thiol groups is 1. The zero-order chi connectivity index (χ0) is 9.40. The predicted molar refractivity (Wildman–Crippen MR) is 59.8 cm³/mol. The number of rotatable bonds is 5. The SMILES string of the molecule is C=CCCC(=C\C)/C(=C/S)N=C. The van der Waals surface area contributed by atoms with Crippen LogP contribution in [0.25, 0.3) is 0 Å². The lowest BCUT2D eigenvalue weighted by atomic mass is 10.1. The first kappa shape index (κ1) is 11.2. The normalized spacial score (nSPS) is 12.8. The molecule has 0 amide bonds. The summed E-state index contributed by atoms with van der Waals surface area (Å²) >= 11 is 4.05. The number of hydrogen-bond acceptors (Lipinski definition) is 2. The Bertz CT molecular complexity index is 214. The van der Waals surface area contributed by atoms with Crippen molar-refractivity contribution >= 4 is 19.3 Å². The molecule has 0 atom stereocenters. The fourth-order valence-corrected chi connectivity index (χ4v) is 1.15. The molecule has 0 N–H and O–H groups in total. The molecule has 0 aromatic carbocycles. The van der Waals surface area contributed by atoms with Crippen LogP contribution in [0.3, 0.4) is 0 Å². The summed E-state index contributed by atoms with van der Waals surface area (Å²) in [7, 11) is 0. The minimum absolute atomic E-state index is 0.850. The van der Waals surface area contributed by atoms with E-state index in [1.807, 2.05) is 19.1 Å². The van der Waals surface area contributed by atoms with E-state index in [1.54, 1.807) is 5.41 Å². The molecule has 0 spiro atoms. The Morgan fingerprint density at radius 1 is 1.58 bits per heavy atom. The number of hydrogen-bond donors (Lipinski definition) is 1. The molecule has 0 aliphatic rings. The van der Waals surface area contributed by atoms with Gasteiger partial charge in [-0.05, 0) is 37.5 Å². The van der Waals surface area contributed by atoms with Gasteiger partial charge in [-0.3, -0.25) is 4.99 Å². The average Bonchev–Trinajstić information content (AvgIpc) is 2.12. The molecule has 0 aromatic heterocycles. The molecule has 0 radical (unpaired) electrons. The third-order valence-corrected chi connectivity index (χ3v) is 1.83. The highest BCUT2D eigenvalue weighted by Gasteiger charge is 1.99. The summed E-state index contributed by atoms with van der Waals surface area (Å²) in [5.41, 5.74) is 2.02. The van der Waals surface area contributed by atoms with Crippen molar-refractivity contribution in [1.29, 1.82) is 0 Å².